The van der Waals surface area contributed by atoms with Crippen molar-refractivity contribution >= 4 is 5.97 Å². The smallest absolute Gasteiger partial charge is 0.333 e. The third-order valence-corrected chi connectivity index (χ3v) is 1.25. The Morgan fingerprint density at radius 3 is 1.73 bits per heavy atom. The first-order chi connectivity index (χ1) is 6.74. The maximum Gasteiger partial charge on any atom is 0.333 e. The summed E-state index contributed by atoms with van der Waals surface area (Å²) >= 11 is 0. The molecule has 0 saturated heterocycles. The van der Waals surface area contributed by atoms with Gasteiger partial charge in [-0.1, -0.05) is 20.4 Å². The third-order valence-electron chi connectivity index (χ3n) is 1.25. The Labute approximate surface area is 93.9 Å². The fraction of sp³-hybridized carbons (Fsp3) is 0.750. The Balaban J connectivity index is 0. The fourth-order valence-electron chi connectivity index (χ4n) is 0.615. The second kappa shape index (κ2) is 8.48. The summed E-state index contributed by atoms with van der Waals surface area (Å²) in [5, 5.41) is 3.11. The van der Waals surface area contributed by atoms with E-state index in [9.17, 15) is 4.79 Å². The highest BCUT2D eigenvalue weighted by molar-refractivity contribution is 5.87. The highest BCUT2D eigenvalue weighted by Gasteiger charge is 2.15. The molecule has 0 aromatic heterocycles. The van der Waals surface area contributed by atoms with Crippen LogP contribution in [0.25, 0.3) is 0 Å². The minimum absolute atomic E-state index is 0.326. The predicted octanol–water partition coefficient (Wildman–Crippen LogP) is 2.52. The summed E-state index contributed by atoms with van der Waals surface area (Å²) in [4.78, 5) is 10.8. The van der Waals surface area contributed by atoms with Crippen LogP contribution in [0.5, 0.6) is 0 Å². The van der Waals surface area contributed by atoms with Crippen LogP contribution in [0.1, 0.15) is 41.5 Å². The molecule has 0 atom stereocenters. The van der Waals surface area contributed by atoms with E-state index in [4.69, 9.17) is 4.74 Å². The summed E-state index contributed by atoms with van der Waals surface area (Å²) in [6.07, 6.45) is 0. The summed E-state index contributed by atoms with van der Waals surface area (Å²) in [5.41, 5.74) is 0.0330. The molecule has 0 bridgehead atoms. The van der Waals surface area contributed by atoms with Crippen LogP contribution in [0.4, 0.5) is 0 Å². The lowest BCUT2D eigenvalue weighted by molar-refractivity contribution is -0.149. The van der Waals surface area contributed by atoms with Crippen LogP contribution in [0.2, 0.25) is 0 Å². The Morgan fingerprint density at radius 1 is 1.27 bits per heavy atom. The van der Waals surface area contributed by atoms with Crippen LogP contribution in [0.3, 0.4) is 0 Å². The molecule has 0 aliphatic carbocycles. The molecule has 3 nitrogen and oxygen atoms in total. The number of esters is 1. The average molecular weight is 215 g/mol. The van der Waals surface area contributed by atoms with Gasteiger partial charge in [-0.25, -0.2) is 4.79 Å². The third kappa shape index (κ3) is 15.9. The van der Waals surface area contributed by atoms with E-state index in [2.05, 4.69) is 25.7 Å². The van der Waals surface area contributed by atoms with Crippen molar-refractivity contribution in [2.45, 2.75) is 47.1 Å². The van der Waals surface area contributed by atoms with Gasteiger partial charge in [-0.2, -0.15) is 0 Å². The topological polar surface area (TPSA) is 38.3 Å². The zero-order valence-electron chi connectivity index (χ0n) is 10.9. The first-order valence-corrected chi connectivity index (χ1v) is 5.34. The molecule has 1 N–H and O–H groups in total. The Morgan fingerprint density at radius 2 is 1.67 bits per heavy atom. The van der Waals surface area contributed by atoms with E-state index >= 15 is 0 Å². The molecule has 3 heteroatoms. The standard InChI is InChI=1S/C8H14O2.C4H11N/c1-6(2)7(9)10-8(3,4)5;1-3-5-4-2/h1H2,2-5H3;5H,3-4H2,1-2H3. The van der Waals surface area contributed by atoms with Crippen molar-refractivity contribution in [1.29, 1.82) is 0 Å². The minimum Gasteiger partial charge on any atom is -0.457 e. The zero-order valence-corrected chi connectivity index (χ0v) is 10.9. The number of ether oxygens (including phenoxy) is 1. The molecule has 0 aliphatic rings. The molecular formula is C12H25NO2. The SMILES string of the molecule is C=C(C)C(=O)OC(C)(C)C.CCNCC. The lowest BCUT2D eigenvalue weighted by Gasteiger charge is -2.19. The van der Waals surface area contributed by atoms with Crippen LogP contribution >= 0.6 is 0 Å². The van der Waals surface area contributed by atoms with Crippen LogP contribution in [-0.4, -0.2) is 24.7 Å². The zero-order chi connectivity index (χ0) is 12.5. The maximum absolute atomic E-state index is 10.8. The quantitative estimate of drug-likeness (QED) is 0.580. The van der Waals surface area contributed by atoms with E-state index in [1.807, 2.05) is 20.8 Å². The van der Waals surface area contributed by atoms with Gasteiger partial charge in [-0.3, -0.25) is 0 Å². The lowest BCUT2D eigenvalue weighted by Crippen LogP contribution is -2.23. The van der Waals surface area contributed by atoms with Gasteiger partial charge < -0.3 is 10.1 Å². The van der Waals surface area contributed by atoms with E-state index in [-0.39, 0.29) is 5.97 Å². The van der Waals surface area contributed by atoms with E-state index < -0.39 is 5.60 Å². The van der Waals surface area contributed by atoms with Crippen LogP contribution < -0.4 is 5.32 Å². The molecule has 0 fully saturated rings. The molecule has 0 aromatic carbocycles. The predicted molar refractivity (Wildman–Crippen MR) is 64.9 cm³/mol. The average Bonchev–Trinajstić information content (AvgIpc) is 2.03. The molecule has 0 spiro atoms. The van der Waals surface area contributed by atoms with Gasteiger partial charge in [0.05, 0.1) is 0 Å². The number of carbonyl (C=O) groups excluding carboxylic acids is 1. The molecule has 0 aromatic rings. The van der Waals surface area contributed by atoms with Gasteiger partial charge in [0.25, 0.3) is 0 Å². The van der Waals surface area contributed by atoms with Crippen molar-refractivity contribution in [1.82, 2.24) is 5.32 Å². The number of carbonyl (C=O) groups is 1. The van der Waals surface area contributed by atoms with Gasteiger partial charge in [-0.05, 0) is 40.8 Å². The van der Waals surface area contributed by atoms with Crippen molar-refractivity contribution in [2.24, 2.45) is 0 Å². The molecule has 0 heterocycles. The molecule has 0 rings (SSSR count). The number of hydrogen-bond donors (Lipinski definition) is 1. The summed E-state index contributed by atoms with van der Waals surface area (Å²) in [5.74, 6) is -0.326. The Kier molecular flexibility index (Phi) is 9.38. The van der Waals surface area contributed by atoms with Crippen molar-refractivity contribution in [3.8, 4) is 0 Å². The molecule has 0 radical (unpaired) electrons. The summed E-state index contributed by atoms with van der Waals surface area (Å²) in [6.45, 7) is 17.0. The monoisotopic (exact) mass is 215 g/mol. The highest BCUT2D eigenvalue weighted by atomic mass is 16.6. The number of hydrogen-bond acceptors (Lipinski definition) is 3. The summed E-state index contributed by atoms with van der Waals surface area (Å²) in [7, 11) is 0. The molecule has 15 heavy (non-hydrogen) atoms. The summed E-state index contributed by atoms with van der Waals surface area (Å²) in [6, 6.07) is 0. The molecular weight excluding hydrogens is 190 g/mol. The molecule has 90 valence electrons. The maximum atomic E-state index is 10.8. The van der Waals surface area contributed by atoms with Crippen molar-refractivity contribution in [2.75, 3.05) is 13.1 Å². The van der Waals surface area contributed by atoms with Crippen LogP contribution in [-0.2, 0) is 9.53 Å². The molecule has 0 unspecified atom stereocenters. The normalized spacial score (nSPS) is 10.0. The first kappa shape index (κ1) is 16.6. The van der Waals surface area contributed by atoms with Crippen LogP contribution in [0.15, 0.2) is 12.2 Å². The van der Waals surface area contributed by atoms with Crippen molar-refractivity contribution in [3.05, 3.63) is 12.2 Å². The number of nitrogens with one attached hydrogen (secondary N) is 1. The van der Waals surface area contributed by atoms with E-state index in [0.717, 1.165) is 13.1 Å². The van der Waals surface area contributed by atoms with Gasteiger partial charge >= 0.3 is 5.97 Å². The van der Waals surface area contributed by atoms with E-state index in [1.54, 1.807) is 6.92 Å². The molecule has 0 saturated carbocycles. The minimum atomic E-state index is -0.407. The fourth-order valence-corrected chi connectivity index (χ4v) is 0.615. The van der Waals surface area contributed by atoms with Gasteiger partial charge in [0.2, 0.25) is 0 Å². The Hall–Kier alpha value is -0.830. The second-order valence-corrected chi connectivity index (χ2v) is 4.24. The van der Waals surface area contributed by atoms with E-state index in [1.165, 1.54) is 0 Å². The summed E-state index contributed by atoms with van der Waals surface area (Å²) < 4.78 is 4.96. The van der Waals surface area contributed by atoms with Gasteiger partial charge in [0.15, 0.2) is 0 Å². The Bertz CT molecular complexity index is 190. The second-order valence-electron chi connectivity index (χ2n) is 4.24. The van der Waals surface area contributed by atoms with Gasteiger partial charge in [-0.15, -0.1) is 0 Å². The largest absolute Gasteiger partial charge is 0.457 e. The van der Waals surface area contributed by atoms with Crippen LogP contribution in [0, 0.1) is 0 Å². The van der Waals surface area contributed by atoms with Crippen molar-refractivity contribution in [3.63, 3.8) is 0 Å². The molecule has 0 aliphatic heterocycles. The molecule has 0 amide bonds. The number of rotatable bonds is 3. The van der Waals surface area contributed by atoms with Gasteiger partial charge in [0, 0.05) is 5.57 Å². The van der Waals surface area contributed by atoms with E-state index in [0.29, 0.717) is 5.57 Å². The van der Waals surface area contributed by atoms with Crippen molar-refractivity contribution < 1.29 is 9.53 Å². The highest BCUT2D eigenvalue weighted by Crippen LogP contribution is 2.09. The lowest BCUT2D eigenvalue weighted by atomic mass is 10.2. The van der Waals surface area contributed by atoms with Gasteiger partial charge in [0.1, 0.15) is 5.60 Å². The first-order valence-electron chi connectivity index (χ1n) is 5.34.